The lowest BCUT2D eigenvalue weighted by Gasteiger charge is -2.26. The van der Waals surface area contributed by atoms with E-state index >= 15 is 0 Å². The van der Waals surface area contributed by atoms with Crippen LogP contribution in [0.1, 0.15) is 60.4 Å². The second-order valence-corrected chi connectivity index (χ2v) is 7.51. The van der Waals surface area contributed by atoms with Crippen LogP contribution in [-0.4, -0.2) is 41.8 Å². The van der Waals surface area contributed by atoms with Gasteiger partial charge in [-0.15, -0.1) is 0 Å². The lowest BCUT2D eigenvalue weighted by Crippen LogP contribution is -2.31. The molecule has 2 heterocycles. The Bertz CT molecular complexity index is 803. The Morgan fingerprint density at radius 2 is 2.12 bits per heavy atom. The molecule has 1 unspecified atom stereocenters. The molecule has 1 aromatic heterocycles. The molecular formula is C19H24BrN3O3. The fraction of sp³-hybridized carbons (Fsp3) is 0.474. The summed E-state index contributed by atoms with van der Waals surface area (Å²) >= 11 is 3.54. The lowest BCUT2D eigenvalue weighted by molar-refractivity contribution is 0.0727. The topological polar surface area (TPSA) is 67.5 Å². The van der Waals surface area contributed by atoms with Gasteiger partial charge in [-0.3, -0.25) is 9.89 Å². The second kappa shape index (κ2) is 7.70. The van der Waals surface area contributed by atoms with Gasteiger partial charge in [0.1, 0.15) is 11.5 Å². The smallest absolute Gasteiger partial charge is 0.276 e. The van der Waals surface area contributed by atoms with Gasteiger partial charge in [0.2, 0.25) is 0 Å². The number of nitrogens with one attached hydrogen (secondary N) is 1. The average Bonchev–Trinajstić information content (AvgIpc) is 3.27. The Hall–Kier alpha value is -2.02. The summed E-state index contributed by atoms with van der Waals surface area (Å²) in [6, 6.07) is 5.71. The third-order valence-corrected chi connectivity index (χ3v) is 5.63. The molecular weight excluding hydrogens is 398 g/mol. The van der Waals surface area contributed by atoms with Crippen molar-refractivity contribution < 1.29 is 14.3 Å². The van der Waals surface area contributed by atoms with Crippen molar-refractivity contribution in [1.82, 2.24) is 15.1 Å². The molecule has 1 saturated heterocycles. The number of benzene rings is 1. The van der Waals surface area contributed by atoms with Gasteiger partial charge in [0.25, 0.3) is 5.91 Å². The molecule has 1 atom stereocenters. The van der Waals surface area contributed by atoms with E-state index in [2.05, 4.69) is 40.0 Å². The number of hydrogen-bond donors (Lipinski definition) is 1. The molecule has 0 bridgehead atoms. The molecule has 26 heavy (non-hydrogen) atoms. The van der Waals surface area contributed by atoms with Gasteiger partial charge >= 0.3 is 0 Å². The third kappa shape index (κ3) is 3.32. The predicted octanol–water partition coefficient (Wildman–Crippen LogP) is 4.29. The number of likely N-dealkylation sites (tertiary alicyclic amines) is 1. The van der Waals surface area contributed by atoms with E-state index in [-0.39, 0.29) is 17.9 Å². The second-order valence-electron chi connectivity index (χ2n) is 6.72. The minimum absolute atomic E-state index is 0.0329. The van der Waals surface area contributed by atoms with Gasteiger partial charge < -0.3 is 14.4 Å². The van der Waals surface area contributed by atoms with Crippen LogP contribution in [0.2, 0.25) is 0 Å². The van der Waals surface area contributed by atoms with Crippen LogP contribution in [0.4, 0.5) is 0 Å². The minimum Gasteiger partial charge on any atom is -0.497 e. The van der Waals surface area contributed by atoms with E-state index in [1.54, 1.807) is 14.2 Å². The number of amides is 1. The number of methoxy groups -OCH3 is 2. The molecule has 0 aliphatic carbocycles. The zero-order valence-electron chi connectivity index (χ0n) is 15.5. The van der Waals surface area contributed by atoms with Gasteiger partial charge in [0.05, 0.1) is 30.4 Å². The van der Waals surface area contributed by atoms with Crippen LogP contribution in [-0.2, 0) is 0 Å². The number of ether oxygens (including phenoxy) is 2. The van der Waals surface area contributed by atoms with Crippen molar-refractivity contribution in [2.24, 2.45) is 0 Å². The first-order chi connectivity index (χ1) is 12.5. The SMILES string of the molecule is COc1ccc(C2CCCN2C(=O)c2n[nH]c(C(C)C)c2Br)c(OC)c1. The van der Waals surface area contributed by atoms with E-state index in [1.165, 1.54) is 0 Å². The molecule has 140 valence electrons. The van der Waals surface area contributed by atoms with Gasteiger partial charge in [0, 0.05) is 18.2 Å². The molecule has 1 aromatic carbocycles. The van der Waals surface area contributed by atoms with E-state index < -0.39 is 0 Å². The van der Waals surface area contributed by atoms with Gasteiger partial charge in [-0.05, 0) is 46.8 Å². The quantitative estimate of drug-likeness (QED) is 0.781. The van der Waals surface area contributed by atoms with E-state index in [0.29, 0.717) is 12.2 Å². The maximum Gasteiger partial charge on any atom is 0.276 e. The highest BCUT2D eigenvalue weighted by molar-refractivity contribution is 9.10. The van der Waals surface area contributed by atoms with E-state index in [9.17, 15) is 4.79 Å². The van der Waals surface area contributed by atoms with E-state index in [1.807, 2.05) is 23.1 Å². The van der Waals surface area contributed by atoms with Gasteiger partial charge in [-0.2, -0.15) is 5.10 Å². The Morgan fingerprint density at radius 1 is 1.35 bits per heavy atom. The minimum atomic E-state index is -0.0691. The number of aromatic amines is 1. The number of hydrogen-bond acceptors (Lipinski definition) is 4. The van der Waals surface area contributed by atoms with Gasteiger partial charge in [-0.25, -0.2) is 0 Å². The molecule has 0 saturated carbocycles. The zero-order chi connectivity index (χ0) is 18.8. The number of nitrogens with zero attached hydrogens (tertiary/aromatic N) is 2. The molecule has 0 radical (unpaired) electrons. The fourth-order valence-corrected chi connectivity index (χ4v) is 4.23. The van der Waals surface area contributed by atoms with E-state index in [4.69, 9.17) is 9.47 Å². The van der Waals surface area contributed by atoms with Crippen LogP contribution in [0.5, 0.6) is 11.5 Å². The Labute approximate surface area is 162 Å². The van der Waals surface area contributed by atoms with Crippen LogP contribution < -0.4 is 9.47 Å². The van der Waals surface area contributed by atoms with Gasteiger partial charge in [0.15, 0.2) is 5.69 Å². The Morgan fingerprint density at radius 3 is 2.73 bits per heavy atom. The highest BCUT2D eigenvalue weighted by Gasteiger charge is 2.35. The number of aromatic nitrogens is 2. The predicted molar refractivity (Wildman–Crippen MR) is 103 cm³/mol. The highest BCUT2D eigenvalue weighted by atomic mass is 79.9. The number of H-pyrrole nitrogens is 1. The van der Waals surface area contributed by atoms with Crippen LogP contribution >= 0.6 is 15.9 Å². The summed E-state index contributed by atoms with van der Waals surface area (Å²) in [6.45, 7) is 4.83. The van der Waals surface area contributed by atoms with Crippen molar-refractivity contribution in [3.8, 4) is 11.5 Å². The van der Waals surface area contributed by atoms with Gasteiger partial charge in [-0.1, -0.05) is 13.8 Å². The summed E-state index contributed by atoms with van der Waals surface area (Å²) in [4.78, 5) is 15.0. The van der Waals surface area contributed by atoms with Crippen molar-refractivity contribution in [3.63, 3.8) is 0 Å². The lowest BCUT2D eigenvalue weighted by atomic mass is 10.0. The summed E-state index contributed by atoms with van der Waals surface area (Å²) in [7, 11) is 3.26. The van der Waals surface area contributed by atoms with Crippen LogP contribution in [0.15, 0.2) is 22.7 Å². The van der Waals surface area contributed by atoms with Crippen LogP contribution in [0, 0.1) is 0 Å². The summed E-state index contributed by atoms with van der Waals surface area (Å²) in [5.74, 6) is 1.66. The maximum atomic E-state index is 13.2. The zero-order valence-corrected chi connectivity index (χ0v) is 17.1. The van der Waals surface area contributed by atoms with Crippen LogP contribution in [0.25, 0.3) is 0 Å². The maximum absolute atomic E-state index is 13.2. The molecule has 1 aliphatic rings. The number of rotatable bonds is 5. The summed E-state index contributed by atoms with van der Waals surface area (Å²) in [5, 5.41) is 7.25. The molecule has 1 aliphatic heterocycles. The number of carbonyl (C=O) groups excluding carboxylic acids is 1. The number of carbonyl (C=O) groups is 1. The normalized spacial score (nSPS) is 17.0. The summed E-state index contributed by atoms with van der Waals surface area (Å²) < 4.78 is 11.6. The molecule has 3 rings (SSSR count). The molecule has 2 aromatic rings. The highest BCUT2D eigenvalue weighted by Crippen LogP contribution is 2.40. The van der Waals surface area contributed by atoms with Crippen molar-refractivity contribution in [2.45, 2.75) is 38.6 Å². The summed E-state index contributed by atoms with van der Waals surface area (Å²) in [6.07, 6.45) is 1.85. The van der Waals surface area contributed by atoms with Crippen molar-refractivity contribution in [2.75, 3.05) is 20.8 Å². The van der Waals surface area contributed by atoms with Crippen LogP contribution in [0.3, 0.4) is 0 Å². The fourth-order valence-electron chi connectivity index (χ4n) is 3.43. The molecule has 0 spiro atoms. The van der Waals surface area contributed by atoms with E-state index in [0.717, 1.165) is 40.1 Å². The Balaban J connectivity index is 1.92. The molecule has 7 heteroatoms. The third-order valence-electron chi connectivity index (χ3n) is 4.83. The largest absolute Gasteiger partial charge is 0.497 e. The summed E-state index contributed by atoms with van der Waals surface area (Å²) in [5.41, 5.74) is 2.37. The van der Waals surface area contributed by atoms with Crippen molar-refractivity contribution >= 4 is 21.8 Å². The first kappa shape index (κ1) is 18.8. The van der Waals surface area contributed by atoms with Crippen molar-refractivity contribution in [1.29, 1.82) is 0 Å². The molecule has 1 amide bonds. The standard InChI is InChI=1S/C19H24BrN3O3/c1-11(2)17-16(20)18(22-21-17)19(24)23-9-5-6-14(23)13-8-7-12(25-3)10-15(13)26-4/h7-8,10-11,14H,5-6,9H2,1-4H3,(H,21,22). The molecule has 1 N–H and O–H groups in total. The molecule has 6 nitrogen and oxygen atoms in total. The Kier molecular flexibility index (Phi) is 5.55. The van der Waals surface area contributed by atoms with Crippen molar-refractivity contribution in [3.05, 3.63) is 39.6 Å². The number of halogens is 1. The first-order valence-electron chi connectivity index (χ1n) is 8.74. The first-order valence-corrected chi connectivity index (χ1v) is 9.53. The molecule has 1 fully saturated rings. The monoisotopic (exact) mass is 421 g/mol. The average molecular weight is 422 g/mol.